The van der Waals surface area contributed by atoms with Crippen LogP contribution in [0.5, 0.6) is 0 Å². The second kappa shape index (κ2) is 6.38. The van der Waals surface area contributed by atoms with Gasteiger partial charge in [0.2, 0.25) is 0 Å². The van der Waals surface area contributed by atoms with E-state index in [-0.39, 0.29) is 0 Å². The van der Waals surface area contributed by atoms with Gasteiger partial charge in [-0.25, -0.2) is 0 Å². The Bertz CT molecular complexity index is 370. The van der Waals surface area contributed by atoms with Crippen LogP contribution >= 0.6 is 11.8 Å². The van der Waals surface area contributed by atoms with Gasteiger partial charge in [-0.1, -0.05) is 11.2 Å². The maximum Gasteiger partial charge on any atom is 0.0265 e. The van der Waals surface area contributed by atoms with Crippen molar-refractivity contribution in [3.8, 4) is 0 Å². The van der Waals surface area contributed by atoms with Gasteiger partial charge in [0, 0.05) is 16.4 Å². The molecule has 0 N–H and O–H groups in total. The molecule has 0 fully saturated rings. The Balaban J connectivity index is 2.37. The van der Waals surface area contributed by atoms with Gasteiger partial charge in [0.25, 0.3) is 0 Å². The van der Waals surface area contributed by atoms with Crippen LogP contribution < -0.4 is 0 Å². The van der Waals surface area contributed by atoms with Crippen LogP contribution in [0.15, 0.2) is 28.2 Å². The average molecular weight is 221 g/mol. The quantitative estimate of drug-likeness (QED) is 0.243. The topological polar surface area (TPSA) is 48.8 Å². The zero-order valence-electron chi connectivity index (χ0n) is 9.10. The highest BCUT2D eigenvalue weighted by Crippen LogP contribution is 2.21. The van der Waals surface area contributed by atoms with Crippen LogP contribution in [0.2, 0.25) is 0 Å². The summed E-state index contributed by atoms with van der Waals surface area (Å²) in [6.07, 6.45) is 0.932. The zero-order chi connectivity index (χ0) is 11.1. The Morgan fingerprint density at radius 3 is 2.80 bits per heavy atom. The van der Waals surface area contributed by atoms with E-state index in [1.807, 2.05) is 11.8 Å². The third-order valence-corrected chi connectivity index (χ3v) is 3.29. The number of aryl methyl sites for hydroxylation is 2. The van der Waals surface area contributed by atoms with Gasteiger partial charge in [0.1, 0.15) is 0 Å². The van der Waals surface area contributed by atoms with E-state index in [1.165, 1.54) is 16.0 Å². The lowest BCUT2D eigenvalue weighted by molar-refractivity contribution is 0.932. The van der Waals surface area contributed by atoms with Crippen LogP contribution in [-0.2, 0) is 0 Å². The molecule has 0 atom stereocenters. The summed E-state index contributed by atoms with van der Waals surface area (Å²) in [5.41, 5.74) is 10.8. The third-order valence-electron chi connectivity index (χ3n) is 2.21. The minimum Gasteiger partial charge on any atom is -0.126 e. The minimum absolute atomic E-state index is 0.592. The highest BCUT2D eigenvalue weighted by Gasteiger charge is 1.96. The highest BCUT2D eigenvalue weighted by atomic mass is 32.2. The first-order valence-corrected chi connectivity index (χ1v) is 5.93. The molecule has 0 bridgehead atoms. The molecule has 0 aliphatic carbocycles. The fourth-order valence-corrected chi connectivity index (χ4v) is 2.11. The molecule has 80 valence electrons. The Labute approximate surface area is 94.5 Å². The molecule has 4 heteroatoms. The Morgan fingerprint density at radius 2 is 2.13 bits per heavy atom. The van der Waals surface area contributed by atoms with E-state index in [0.717, 1.165) is 12.2 Å². The van der Waals surface area contributed by atoms with E-state index in [0.29, 0.717) is 6.54 Å². The van der Waals surface area contributed by atoms with E-state index in [4.69, 9.17) is 5.53 Å². The highest BCUT2D eigenvalue weighted by molar-refractivity contribution is 7.99. The average Bonchev–Trinajstić information content (AvgIpc) is 2.23. The summed E-state index contributed by atoms with van der Waals surface area (Å²) in [6, 6.07) is 6.49. The summed E-state index contributed by atoms with van der Waals surface area (Å²) in [5.74, 6) is 1.00. The number of hydrogen-bond donors (Lipinski definition) is 0. The fourth-order valence-electron chi connectivity index (χ4n) is 1.17. The minimum atomic E-state index is 0.592. The summed E-state index contributed by atoms with van der Waals surface area (Å²) < 4.78 is 0. The molecule has 0 spiro atoms. The molecule has 0 saturated carbocycles. The summed E-state index contributed by atoms with van der Waals surface area (Å²) in [7, 11) is 0. The van der Waals surface area contributed by atoms with E-state index in [1.54, 1.807) is 0 Å². The molecule has 3 nitrogen and oxygen atoms in total. The van der Waals surface area contributed by atoms with E-state index >= 15 is 0 Å². The standard InChI is InChI=1S/C11H15N3S/c1-9-4-5-11(8-10(9)2)15-7-3-6-13-14-12/h4-5,8H,3,6-7H2,1-2H3. The van der Waals surface area contributed by atoms with Crippen molar-refractivity contribution in [1.82, 2.24) is 0 Å². The van der Waals surface area contributed by atoms with Crippen molar-refractivity contribution in [3.63, 3.8) is 0 Å². The van der Waals surface area contributed by atoms with Crippen LogP contribution in [0.4, 0.5) is 0 Å². The summed E-state index contributed by atoms with van der Waals surface area (Å²) >= 11 is 1.81. The van der Waals surface area contributed by atoms with Crippen LogP contribution in [0.25, 0.3) is 10.4 Å². The predicted molar refractivity (Wildman–Crippen MR) is 65.3 cm³/mol. The molecule has 0 aromatic heterocycles. The van der Waals surface area contributed by atoms with Gasteiger partial charge in [0.05, 0.1) is 0 Å². The molecule has 0 unspecified atom stereocenters. The van der Waals surface area contributed by atoms with Crippen molar-refractivity contribution < 1.29 is 0 Å². The molecular weight excluding hydrogens is 206 g/mol. The van der Waals surface area contributed by atoms with Gasteiger partial charge in [0.15, 0.2) is 0 Å². The monoisotopic (exact) mass is 221 g/mol. The first kappa shape index (κ1) is 12.0. The van der Waals surface area contributed by atoms with Gasteiger partial charge >= 0.3 is 0 Å². The first-order chi connectivity index (χ1) is 7.24. The lowest BCUT2D eigenvalue weighted by Gasteiger charge is -2.04. The summed E-state index contributed by atoms with van der Waals surface area (Å²) in [4.78, 5) is 4.01. The first-order valence-electron chi connectivity index (χ1n) is 4.95. The van der Waals surface area contributed by atoms with Crippen molar-refractivity contribution in [3.05, 3.63) is 39.8 Å². The summed E-state index contributed by atoms with van der Waals surface area (Å²) in [6.45, 7) is 4.83. The van der Waals surface area contributed by atoms with Gasteiger partial charge in [-0.3, -0.25) is 0 Å². The van der Waals surface area contributed by atoms with Crippen molar-refractivity contribution in [2.45, 2.75) is 25.2 Å². The van der Waals surface area contributed by atoms with Gasteiger partial charge < -0.3 is 0 Å². The van der Waals surface area contributed by atoms with Crippen molar-refractivity contribution >= 4 is 11.8 Å². The molecule has 1 aromatic carbocycles. The van der Waals surface area contributed by atoms with Gasteiger partial charge in [-0.05, 0) is 54.8 Å². The molecule has 0 radical (unpaired) electrons. The zero-order valence-corrected chi connectivity index (χ0v) is 9.92. The predicted octanol–water partition coefficient (Wildman–Crippen LogP) is 4.10. The third kappa shape index (κ3) is 4.28. The number of rotatable bonds is 5. The number of thioether (sulfide) groups is 1. The maximum absolute atomic E-state index is 8.10. The number of azide groups is 1. The van der Waals surface area contributed by atoms with Crippen molar-refractivity contribution in [2.24, 2.45) is 5.11 Å². The van der Waals surface area contributed by atoms with Crippen LogP contribution in [0.3, 0.4) is 0 Å². The largest absolute Gasteiger partial charge is 0.126 e. The number of hydrogen-bond acceptors (Lipinski definition) is 2. The van der Waals surface area contributed by atoms with Gasteiger partial charge in [-0.15, -0.1) is 11.8 Å². The molecule has 1 aromatic rings. The molecule has 1 rings (SSSR count). The lowest BCUT2D eigenvalue weighted by Crippen LogP contribution is -1.85. The fraction of sp³-hybridized carbons (Fsp3) is 0.455. The van der Waals surface area contributed by atoms with Crippen molar-refractivity contribution in [2.75, 3.05) is 12.3 Å². The van der Waals surface area contributed by atoms with Crippen LogP contribution in [-0.4, -0.2) is 12.3 Å². The SMILES string of the molecule is Cc1ccc(SCCCN=[N+]=[N-])cc1C. The maximum atomic E-state index is 8.10. The second-order valence-corrected chi connectivity index (χ2v) is 4.57. The second-order valence-electron chi connectivity index (χ2n) is 3.40. The molecular formula is C11H15N3S. The molecule has 0 aliphatic heterocycles. The lowest BCUT2D eigenvalue weighted by atomic mass is 10.1. The van der Waals surface area contributed by atoms with Crippen molar-refractivity contribution in [1.29, 1.82) is 0 Å². The Morgan fingerprint density at radius 1 is 1.33 bits per heavy atom. The molecule has 0 heterocycles. The van der Waals surface area contributed by atoms with Crippen LogP contribution in [0.1, 0.15) is 17.5 Å². The molecule has 0 saturated heterocycles. The molecule has 15 heavy (non-hydrogen) atoms. The molecule has 0 aliphatic rings. The number of nitrogens with zero attached hydrogens (tertiary/aromatic N) is 3. The summed E-state index contributed by atoms with van der Waals surface area (Å²) in [5, 5.41) is 3.50. The van der Waals surface area contributed by atoms with E-state index in [2.05, 4.69) is 42.1 Å². The smallest absolute Gasteiger partial charge is 0.0265 e. The van der Waals surface area contributed by atoms with Crippen LogP contribution in [0, 0.1) is 13.8 Å². The van der Waals surface area contributed by atoms with E-state index in [9.17, 15) is 0 Å². The Hall–Kier alpha value is -1.12. The number of benzene rings is 1. The van der Waals surface area contributed by atoms with Gasteiger partial charge in [-0.2, -0.15) is 0 Å². The van der Waals surface area contributed by atoms with E-state index < -0.39 is 0 Å². The normalized spacial score (nSPS) is 9.73. The Kier molecular flexibility index (Phi) is 5.08. The molecule has 0 amide bonds.